The molecule has 2 aliphatic heterocycles. The highest BCUT2D eigenvalue weighted by molar-refractivity contribution is 4.87. The molecule has 2 fully saturated rings. The van der Waals surface area contributed by atoms with E-state index in [1.54, 1.807) is 0 Å². The van der Waals surface area contributed by atoms with Gasteiger partial charge >= 0.3 is 0 Å². The van der Waals surface area contributed by atoms with Gasteiger partial charge in [-0.05, 0) is 38.9 Å². The zero-order chi connectivity index (χ0) is 9.84. The van der Waals surface area contributed by atoms with E-state index >= 15 is 0 Å². The Kier molecular flexibility index (Phi) is 4.20. The summed E-state index contributed by atoms with van der Waals surface area (Å²) >= 11 is 0. The van der Waals surface area contributed by atoms with Gasteiger partial charge in [-0.15, -0.1) is 0 Å². The van der Waals surface area contributed by atoms with Crippen molar-refractivity contribution in [3.8, 4) is 0 Å². The van der Waals surface area contributed by atoms with Crippen LogP contribution in [0.15, 0.2) is 0 Å². The van der Waals surface area contributed by atoms with Crippen LogP contribution < -0.4 is 0 Å². The van der Waals surface area contributed by atoms with E-state index in [1.165, 1.54) is 32.6 Å². The SMILES string of the molecule is CC.CN1CCC2CN(C)CC2C1. The van der Waals surface area contributed by atoms with Crippen LogP contribution in [0.25, 0.3) is 0 Å². The van der Waals surface area contributed by atoms with E-state index in [0.717, 1.165) is 11.8 Å². The van der Waals surface area contributed by atoms with Gasteiger partial charge in [-0.3, -0.25) is 0 Å². The van der Waals surface area contributed by atoms with Crippen molar-refractivity contribution in [1.29, 1.82) is 0 Å². The average molecular weight is 184 g/mol. The molecule has 0 radical (unpaired) electrons. The smallest absolute Gasteiger partial charge is 0.00221 e. The van der Waals surface area contributed by atoms with Gasteiger partial charge in [0, 0.05) is 19.6 Å². The van der Waals surface area contributed by atoms with Crippen LogP contribution in [0.5, 0.6) is 0 Å². The van der Waals surface area contributed by atoms with Gasteiger partial charge in [0.1, 0.15) is 0 Å². The van der Waals surface area contributed by atoms with Crippen LogP contribution in [-0.2, 0) is 0 Å². The Labute approximate surface area is 82.9 Å². The number of hydrogen-bond donors (Lipinski definition) is 0. The van der Waals surface area contributed by atoms with Crippen LogP contribution in [-0.4, -0.2) is 50.1 Å². The molecule has 2 rings (SSSR count). The molecule has 0 aromatic heterocycles. The lowest BCUT2D eigenvalue weighted by molar-refractivity contribution is 0.178. The number of fused-ring (bicyclic) bond motifs is 1. The first kappa shape index (κ1) is 11.0. The van der Waals surface area contributed by atoms with E-state index in [0.29, 0.717) is 0 Å². The van der Waals surface area contributed by atoms with Gasteiger partial charge < -0.3 is 9.80 Å². The summed E-state index contributed by atoms with van der Waals surface area (Å²) < 4.78 is 0. The maximum absolute atomic E-state index is 2.48. The Morgan fingerprint density at radius 3 is 2.08 bits per heavy atom. The van der Waals surface area contributed by atoms with E-state index in [-0.39, 0.29) is 0 Å². The minimum atomic E-state index is 0.971. The van der Waals surface area contributed by atoms with Crippen LogP contribution in [0, 0.1) is 11.8 Å². The fourth-order valence-corrected chi connectivity index (χ4v) is 2.58. The van der Waals surface area contributed by atoms with Crippen molar-refractivity contribution < 1.29 is 0 Å². The van der Waals surface area contributed by atoms with Gasteiger partial charge in [0.05, 0.1) is 0 Å². The van der Waals surface area contributed by atoms with Crippen LogP contribution >= 0.6 is 0 Å². The number of hydrogen-bond acceptors (Lipinski definition) is 2. The fraction of sp³-hybridized carbons (Fsp3) is 1.00. The van der Waals surface area contributed by atoms with Crippen LogP contribution in [0.4, 0.5) is 0 Å². The second kappa shape index (κ2) is 4.97. The maximum atomic E-state index is 2.48. The molecule has 78 valence electrons. The van der Waals surface area contributed by atoms with Crippen LogP contribution in [0.1, 0.15) is 20.3 Å². The summed E-state index contributed by atoms with van der Waals surface area (Å²) in [5.41, 5.74) is 0. The van der Waals surface area contributed by atoms with Crippen molar-refractivity contribution in [3.05, 3.63) is 0 Å². The first-order valence-corrected chi connectivity index (χ1v) is 5.63. The van der Waals surface area contributed by atoms with E-state index in [2.05, 4.69) is 23.9 Å². The monoisotopic (exact) mass is 184 g/mol. The predicted molar refractivity (Wildman–Crippen MR) is 57.9 cm³/mol. The van der Waals surface area contributed by atoms with Gasteiger partial charge in [0.2, 0.25) is 0 Å². The van der Waals surface area contributed by atoms with E-state index in [9.17, 15) is 0 Å². The Morgan fingerprint density at radius 1 is 0.846 bits per heavy atom. The molecule has 0 aromatic carbocycles. The Balaban J connectivity index is 0.000000396. The highest BCUT2D eigenvalue weighted by atomic mass is 15.2. The van der Waals surface area contributed by atoms with E-state index in [1.807, 2.05) is 13.8 Å². The first-order valence-electron chi connectivity index (χ1n) is 5.63. The Bertz CT molecular complexity index is 147. The second-order valence-electron chi connectivity index (χ2n) is 4.29. The molecular formula is C11H24N2. The maximum Gasteiger partial charge on any atom is 0.00221 e. The van der Waals surface area contributed by atoms with Crippen molar-refractivity contribution >= 4 is 0 Å². The van der Waals surface area contributed by atoms with E-state index in [4.69, 9.17) is 0 Å². The Hall–Kier alpha value is -0.0800. The number of rotatable bonds is 0. The molecule has 13 heavy (non-hydrogen) atoms. The molecule has 2 heterocycles. The molecule has 0 amide bonds. The third kappa shape index (κ3) is 2.68. The molecule has 2 nitrogen and oxygen atoms in total. The van der Waals surface area contributed by atoms with Crippen LogP contribution in [0.3, 0.4) is 0 Å². The zero-order valence-corrected chi connectivity index (χ0v) is 9.58. The average Bonchev–Trinajstić information content (AvgIpc) is 2.48. The molecule has 2 heteroatoms. The van der Waals surface area contributed by atoms with Gasteiger partial charge in [-0.2, -0.15) is 0 Å². The molecule has 0 N–H and O–H groups in total. The third-order valence-electron chi connectivity index (χ3n) is 3.19. The van der Waals surface area contributed by atoms with Crippen molar-refractivity contribution in [2.45, 2.75) is 20.3 Å². The molecule has 2 saturated heterocycles. The lowest BCUT2D eigenvalue weighted by atomic mass is 9.89. The minimum absolute atomic E-state index is 0.971. The summed E-state index contributed by atoms with van der Waals surface area (Å²) in [6.07, 6.45) is 1.42. The molecule has 2 aliphatic rings. The zero-order valence-electron chi connectivity index (χ0n) is 9.58. The molecule has 0 bridgehead atoms. The molecule has 0 aliphatic carbocycles. The molecule has 0 spiro atoms. The summed E-state index contributed by atoms with van der Waals surface area (Å²) in [4.78, 5) is 4.95. The molecule has 2 atom stereocenters. The highest BCUT2D eigenvalue weighted by Gasteiger charge is 2.34. The fourth-order valence-electron chi connectivity index (χ4n) is 2.58. The number of piperidine rings is 1. The second-order valence-corrected chi connectivity index (χ2v) is 4.29. The van der Waals surface area contributed by atoms with Crippen LogP contribution in [0.2, 0.25) is 0 Å². The summed E-state index contributed by atoms with van der Waals surface area (Å²) in [5, 5.41) is 0. The normalized spacial score (nSPS) is 35.1. The Morgan fingerprint density at radius 2 is 1.38 bits per heavy atom. The lowest BCUT2D eigenvalue weighted by Gasteiger charge is -2.31. The van der Waals surface area contributed by atoms with Crippen molar-refractivity contribution in [2.75, 3.05) is 40.3 Å². The summed E-state index contributed by atoms with van der Waals surface area (Å²) in [6.45, 7) is 9.32. The molecular weight excluding hydrogens is 160 g/mol. The van der Waals surface area contributed by atoms with Crippen molar-refractivity contribution in [2.24, 2.45) is 11.8 Å². The van der Waals surface area contributed by atoms with Crippen molar-refractivity contribution in [3.63, 3.8) is 0 Å². The molecule has 2 unspecified atom stereocenters. The minimum Gasteiger partial charge on any atom is -0.306 e. The highest BCUT2D eigenvalue weighted by Crippen LogP contribution is 2.29. The van der Waals surface area contributed by atoms with Gasteiger partial charge in [-0.25, -0.2) is 0 Å². The third-order valence-corrected chi connectivity index (χ3v) is 3.19. The quantitative estimate of drug-likeness (QED) is 0.563. The molecule has 0 saturated carbocycles. The summed E-state index contributed by atoms with van der Waals surface area (Å²) in [7, 11) is 4.49. The topological polar surface area (TPSA) is 6.48 Å². The largest absolute Gasteiger partial charge is 0.306 e. The number of nitrogens with zero attached hydrogens (tertiary/aromatic N) is 2. The van der Waals surface area contributed by atoms with Gasteiger partial charge in [-0.1, -0.05) is 13.8 Å². The summed E-state index contributed by atoms with van der Waals surface area (Å²) in [5.74, 6) is 1.98. The van der Waals surface area contributed by atoms with E-state index < -0.39 is 0 Å². The first-order chi connectivity index (χ1) is 6.25. The summed E-state index contributed by atoms with van der Waals surface area (Å²) in [6, 6.07) is 0. The standard InChI is InChI=1S/C9H18N2.C2H6/c1-10-4-3-8-5-11(2)7-9(8)6-10;1-2/h8-9H,3-7H2,1-2H3;1-2H3. The van der Waals surface area contributed by atoms with Gasteiger partial charge in [0.25, 0.3) is 0 Å². The van der Waals surface area contributed by atoms with Crippen molar-refractivity contribution in [1.82, 2.24) is 9.80 Å². The predicted octanol–water partition coefficient (Wildman–Crippen LogP) is 1.53. The molecule has 0 aromatic rings. The van der Waals surface area contributed by atoms with Gasteiger partial charge in [0.15, 0.2) is 0 Å². The number of likely N-dealkylation sites (tertiary alicyclic amines) is 2. The lowest BCUT2D eigenvalue weighted by Crippen LogP contribution is -2.37.